The Balaban J connectivity index is 1.48. The van der Waals surface area contributed by atoms with Crippen LogP contribution in [0.2, 0.25) is 0 Å². The Morgan fingerprint density at radius 1 is 1.12 bits per heavy atom. The van der Waals surface area contributed by atoms with E-state index in [-0.39, 0.29) is 0 Å². The second-order valence-electron chi connectivity index (χ2n) is 6.33. The highest BCUT2D eigenvalue weighted by molar-refractivity contribution is 4.81. The molecule has 0 aromatic carbocycles. The Hall–Kier alpha value is -0.0800. The van der Waals surface area contributed by atoms with Gasteiger partial charge in [0.25, 0.3) is 0 Å². The fourth-order valence-electron chi connectivity index (χ4n) is 2.81. The molecule has 0 heterocycles. The minimum atomic E-state index is 0.752. The second-order valence-corrected chi connectivity index (χ2v) is 6.33. The summed E-state index contributed by atoms with van der Waals surface area (Å²) in [7, 11) is 0. The minimum absolute atomic E-state index is 0.752. The third kappa shape index (κ3) is 4.97. The summed E-state index contributed by atoms with van der Waals surface area (Å²) in [6.07, 6.45) is 8.15. The first-order valence-corrected chi connectivity index (χ1v) is 7.57. The van der Waals surface area contributed by atoms with Crippen molar-refractivity contribution in [1.82, 2.24) is 5.32 Å². The number of rotatable bonds is 7. The first kappa shape index (κ1) is 13.4. The zero-order valence-electron chi connectivity index (χ0n) is 11.6. The van der Waals surface area contributed by atoms with Crippen molar-refractivity contribution in [3.8, 4) is 0 Å². The molecule has 0 bridgehead atoms. The first-order chi connectivity index (χ1) is 8.25. The molecule has 2 saturated carbocycles. The molecule has 100 valence electrons. The van der Waals surface area contributed by atoms with E-state index in [9.17, 15) is 0 Å². The van der Waals surface area contributed by atoms with Crippen molar-refractivity contribution in [2.24, 2.45) is 17.8 Å². The van der Waals surface area contributed by atoms with Crippen LogP contribution in [0.25, 0.3) is 0 Å². The van der Waals surface area contributed by atoms with Crippen molar-refractivity contribution in [3.05, 3.63) is 0 Å². The van der Waals surface area contributed by atoms with E-state index in [0.29, 0.717) is 0 Å². The van der Waals surface area contributed by atoms with E-state index in [1.165, 1.54) is 38.5 Å². The van der Waals surface area contributed by atoms with Crippen molar-refractivity contribution < 1.29 is 4.74 Å². The summed E-state index contributed by atoms with van der Waals surface area (Å²) < 4.78 is 5.65. The molecule has 0 spiro atoms. The Bertz CT molecular complexity index is 215. The summed E-state index contributed by atoms with van der Waals surface area (Å²) >= 11 is 0. The van der Waals surface area contributed by atoms with Crippen LogP contribution < -0.4 is 5.32 Å². The highest BCUT2D eigenvalue weighted by Gasteiger charge is 2.24. The molecule has 0 saturated heterocycles. The predicted molar refractivity (Wildman–Crippen MR) is 72.1 cm³/mol. The van der Waals surface area contributed by atoms with E-state index in [0.717, 1.165) is 43.6 Å². The van der Waals surface area contributed by atoms with Crippen LogP contribution in [0.4, 0.5) is 0 Å². The van der Waals surface area contributed by atoms with Crippen LogP contribution in [-0.2, 0) is 4.74 Å². The summed E-state index contributed by atoms with van der Waals surface area (Å²) in [5.74, 6) is 2.68. The van der Waals surface area contributed by atoms with Crippen molar-refractivity contribution in [3.63, 3.8) is 0 Å². The van der Waals surface area contributed by atoms with Crippen LogP contribution in [0.15, 0.2) is 0 Å². The number of ether oxygens (including phenoxy) is 1. The minimum Gasteiger partial charge on any atom is -0.381 e. The number of nitrogens with one attached hydrogen (secondary N) is 1. The number of hydrogen-bond acceptors (Lipinski definition) is 2. The van der Waals surface area contributed by atoms with E-state index in [1.54, 1.807) is 0 Å². The summed E-state index contributed by atoms with van der Waals surface area (Å²) in [6.45, 7) is 7.87. The average Bonchev–Trinajstić information content (AvgIpc) is 3.11. The quantitative estimate of drug-likeness (QED) is 0.689. The summed E-state index contributed by atoms with van der Waals surface area (Å²) in [5, 5.41) is 3.73. The fourth-order valence-corrected chi connectivity index (χ4v) is 2.81. The van der Waals surface area contributed by atoms with Gasteiger partial charge in [0.15, 0.2) is 0 Å². The molecule has 2 aliphatic rings. The standard InChI is InChI=1S/C15H29NO/c1-12-4-5-13(2)15(10-12)16-8-3-9-17-11-14-6-7-14/h12-16H,3-11H2,1-2H3. The summed E-state index contributed by atoms with van der Waals surface area (Å²) in [6, 6.07) is 0.752. The van der Waals surface area contributed by atoms with Crippen LogP contribution in [0, 0.1) is 17.8 Å². The SMILES string of the molecule is CC1CCC(C)C(NCCCOCC2CC2)C1. The molecule has 2 aliphatic carbocycles. The maximum absolute atomic E-state index is 5.65. The molecule has 0 radical (unpaired) electrons. The highest BCUT2D eigenvalue weighted by atomic mass is 16.5. The lowest BCUT2D eigenvalue weighted by Gasteiger charge is -2.33. The molecule has 3 atom stereocenters. The molecule has 3 unspecified atom stereocenters. The molecule has 0 amide bonds. The molecule has 2 heteroatoms. The maximum Gasteiger partial charge on any atom is 0.0494 e. The van der Waals surface area contributed by atoms with Crippen LogP contribution in [0.1, 0.15) is 52.4 Å². The molecular weight excluding hydrogens is 210 g/mol. The van der Waals surface area contributed by atoms with Gasteiger partial charge in [0, 0.05) is 19.3 Å². The van der Waals surface area contributed by atoms with Gasteiger partial charge in [0.05, 0.1) is 0 Å². The van der Waals surface area contributed by atoms with Crippen LogP contribution in [-0.4, -0.2) is 25.8 Å². The average molecular weight is 239 g/mol. The van der Waals surface area contributed by atoms with Gasteiger partial charge < -0.3 is 10.1 Å². The molecule has 0 aromatic heterocycles. The monoisotopic (exact) mass is 239 g/mol. The fraction of sp³-hybridized carbons (Fsp3) is 1.00. The largest absolute Gasteiger partial charge is 0.381 e. The van der Waals surface area contributed by atoms with Gasteiger partial charge >= 0.3 is 0 Å². The first-order valence-electron chi connectivity index (χ1n) is 7.57. The Morgan fingerprint density at radius 3 is 2.71 bits per heavy atom. The van der Waals surface area contributed by atoms with Gasteiger partial charge in [0.1, 0.15) is 0 Å². The third-order valence-corrected chi connectivity index (χ3v) is 4.38. The molecule has 0 aliphatic heterocycles. The lowest BCUT2D eigenvalue weighted by molar-refractivity contribution is 0.119. The van der Waals surface area contributed by atoms with Crippen LogP contribution in [0.5, 0.6) is 0 Å². The van der Waals surface area contributed by atoms with E-state index in [2.05, 4.69) is 19.2 Å². The molecule has 17 heavy (non-hydrogen) atoms. The van der Waals surface area contributed by atoms with Gasteiger partial charge in [-0.25, -0.2) is 0 Å². The molecule has 2 nitrogen and oxygen atoms in total. The van der Waals surface area contributed by atoms with E-state index < -0.39 is 0 Å². The smallest absolute Gasteiger partial charge is 0.0494 e. The van der Waals surface area contributed by atoms with Crippen molar-refractivity contribution in [2.75, 3.05) is 19.8 Å². The van der Waals surface area contributed by atoms with Gasteiger partial charge in [0.2, 0.25) is 0 Å². The molecule has 0 aromatic rings. The van der Waals surface area contributed by atoms with Crippen LogP contribution >= 0.6 is 0 Å². The van der Waals surface area contributed by atoms with Gasteiger partial charge in [-0.15, -0.1) is 0 Å². The Morgan fingerprint density at radius 2 is 1.94 bits per heavy atom. The van der Waals surface area contributed by atoms with Crippen LogP contribution in [0.3, 0.4) is 0 Å². The summed E-state index contributed by atoms with van der Waals surface area (Å²) in [5.41, 5.74) is 0. The second kappa shape index (κ2) is 6.75. The molecule has 2 rings (SSSR count). The van der Waals surface area contributed by atoms with E-state index in [1.807, 2.05) is 0 Å². The van der Waals surface area contributed by atoms with Crippen molar-refractivity contribution in [1.29, 1.82) is 0 Å². The molecular formula is C15H29NO. The Labute approximate surface area is 107 Å². The third-order valence-electron chi connectivity index (χ3n) is 4.38. The van der Waals surface area contributed by atoms with Gasteiger partial charge in [-0.2, -0.15) is 0 Å². The van der Waals surface area contributed by atoms with Gasteiger partial charge in [-0.1, -0.05) is 20.3 Å². The van der Waals surface area contributed by atoms with Gasteiger partial charge in [-0.3, -0.25) is 0 Å². The Kier molecular flexibility index (Phi) is 5.30. The van der Waals surface area contributed by atoms with Gasteiger partial charge in [-0.05, 0) is 56.4 Å². The number of hydrogen-bond donors (Lipinski definition) is 1. The normalized spacial score (nSPS) is 33.9. The zero-order chi connectivity index (χ0) is 12.1. The van der Waals surface area contributed by atoms with Crippen molar-refractivity contribution >= 4 is 0 Å². The zero-order valence-corrected chi connectivity index (χ0v) is 11.6. The predicted octanol–water partition coefficient (Wildman–Crippen LogP) is 3.22. The topological polar surface area (TPSA) is 21.3 Å². The summed E-state index contributed by atoms with van der Waals surface area (Å²) in [4.78, 5) is 0. The lowest BCUT2D eigenvalue weighted by atomic mass is 9.80. The van der Waals surface area contributed by atoms with E-state index >= 15 is 0 Å². The lowest BCUT2D eigenvalue weighted by Crippen LogP contribution is -2.40. The van der Waals surface area contributed by atoms with E-state index in [4.69, 9.17) is 4.74 Å². The highest BCUT2D eigenvalue weighted by Crippen LogP contribution is 2.29. The van der Waals surface area contributed by atoms with Crippen molar-refractivity contribution in [2.45, 2.75) is 58.4 Å². The molecule has 2 fully saturated rings. The maximum atomic E-state index is 5.65. The molecule has 1 N–H and O–H groups in total.